The summed E-state index contributed by atoms with van der Waals surface area (Å²) in [6.45, 7) is 0. The Morgan fingerprint density at radius 3 is 1.49 bits per heavy atom. The zero-order valence-electron chi connectivity index (χ0n) is 30.9. The summed E-state index contributed by atoms with van der Waals surface area (Å²) >= 11 is 0. The molecule has 0 fully saturated rings. The van der Waals surface area contributed by atoms with Gasteiger partial charge in [-0.2, -0.15) is 0 Å². The second kappa shape index (κ2) is 12.5. The van der Waals surface area contributed by atoms with Crippen LogP contribution in [0.1, 0.15) is 0 Å². The lowest BCUT2D eigenvalue weighted by atomic mass is 10.0. The van der Waals surface area contributed by atoms with E-state index in [9.17, 15) is 0 Å². The lowest BCUT2D eigenvalue weighted by Gasteiger charge is -2.26. The lowest BCUT2D eigenvalue weighted by Crippen LogP contribution is -2.09. The van der Waals surface area contributed by atoms with Crippen molar-refractivity contribution >= 4 is 77.1 Å². The maximum atomic E-state index is 6.60. The maximum absolute atomic E-state index is 6.60. The Morgan fingerprint density at radius 1 is 0.298 bits per heavy atom. The smallest absolute Gasteiger partial charge is 0.137 e. The first-order chi connectivity index (χ1) is 28.2. The molecule has 12 aromatic rings. The summed E-state index contributed by atoms with van der Waals surface area (Å²) in [5, 5.41) is 7.40. The molecule has 9 aromatic carbocycles. The Hall–Kier alpha value is -7.62. The summed E-state index contributed by atoms with van der Waals surface area (Å²) in [5.41, 5.74) is 15.8. The Morgan fingerprint density at radius 2 is 0.772 bits per heavy atom. The Kier molecular flexibility index (Phi) is 6.93. The van der Waals surface area contributed by atoms with Crippen LogP contribution < -0.4 is 4.90 Å². The van der Waals surface area contributed by atoms with E-state index in [4.69, 9.17) is 4.42 Å². The summed E-state index contributed by atoms with van der Waals surface area (Å²) in [5.74, 6) is 0. The number of para-hydroxylation sites is 2. The molecule has 266 valence electrons. The van der Waals surface area contributed by atoms with Crippen LogP contribution in [0.2, 0.25) is 0 Å². The van der Waals surface area contributed by atoms with Crippen LogP contribution in [0, 0.1) is 0 Å². The molecular formula is C54H34N2O. The Labute approximate surface area is 329 Å². The highest BCUT2D eigenvalue weighted by Gasteiger charge is 2.19. The minimum Gasteiger partial charge on any atom is -0.456 e. The van der Waals surface area contributed by atoms with Gasteiger partial charge in [0.15, 0.2) is 0 Å². The molecule has 57 heavy (non-hydrogen) atoms. The highest BCUT2D eigenvalue weighted by atomic mass is 16.3. The van der Waals surface area contributed by atoms with Gasteiger partial charge < -0.3 is 13.7 Å². The van der Waals surface area contributed by atoms with Crippen molar-refractivity contribution in [3.05, 3.63) is 206 Å². The van der Waals surface area contributed by atoms with E-state index in [1.807, 2.05) is 6.07 Å². The standard InChI is InChI=1S/C54H34N2O/c1-3-10-35(11-4-1)37-18-24-41(25-19-37)55(43-28-30-46-45-29-22-40(36-12-5-2-6-13-36)33-52(45)57-53(46)34-43)42-26-20-38(21-27-42)39-23-31-51-49(32-39)48-16-9-15-47-44-14-7-8-17-50(44)56(51)54(47)48/h1-34H. The Bertz CT molecular complexity index is 3430. The van der Waals surface area contributed by atoms with Crippen LogP contribution in [0.4, 0.5) is 17.1 Å². The summed E-state index contributed by atoms with van der Waals surface area (Å²) in [4.78, 5) is 2.32. The van der Waals surface area contributed by atoms with Crippen molar-refractivity contribution in [2.24, 2.45) is 0 Å². The molecule has 3 aromatic heterocycles. The van der Waals surface area contributed by atoms with Gasteiger partial charge in [-0.1, -0.05) is 133 Å². The van der Waals surface area contributed by atoms with Gasteiger partial charge in [-0.15, -0.1) is 0 Å². The minimum absolute atomic E-state index is 0.863. The van der Waals surface area contributed by atoms with E-state index in [1.165, 1.54) is 65.9 Å². The van der Waals surface area contributed by atoms with Gasteiger partial charge in [0.05, 0.1) is 16.6 Å². The van der Waals surface area contributed by atoms with E-state index in [1.54, 1.807) is 0 Å². The van der Waals surface area contributed by atoms with Crippen LogP contribution in [-0.4, -0.2) is 4.40 Å². The number of furan rings is 1. The molecule has 0 N–H and O–H groups in total. The molecule has 0 amide bonds. The molecule has 3 heterocycles. The number of benzene rings is 9. The van der Waals surface area contributed by atoms with Gasteiger partial charge in [0, 0.05) is 55.4 Å². The van der Waals surface area contributed by atoms with Crippen LogP contribution in [0.15, 0.2) is 211 Å². The number of nitrogens with zero attached hydrogens (tertiary/aromatic N) is 2. The van der Waals surface area contributed by atoms with E-state index < -0.39 is 0 Å². The van der Waals surface area contributed by atoms with Gasteiger partial charge in [0.25, 0.3) is 0 Å². The first-order valence-corrected chi connectivity index (χ1v) is 19.5. The predicted octanol–water partition coefficient (Wildman–Crippen LogP) is 15.2. The number of hydrogen-bond acceptors (Lipinski definition) is 2. The van der Waals surface area contributed by atoms with Crippen molar-refractivity contribution < 1.29 is 4.42 Å². The molecule has 0 aliphatic heterocycles. The van der Waals surface area contributed by atoms with Crippen molar-refractivity contribution in [2.45, 2.75) is 0 Å². The molecule has 0 bridgehead atoms. The molecule has 0 saturated carbocycles. The summed E-state index contributed by atoms with van der Waals surface area (Å²) < 4.78 is 9.04. The normalized spacial score (nSPS) is 11.9. The predicted molar refractivity (Wildman–Crippen MR) is 239 cm³/mol. The quantitative estimate of drug-likeness (QED) is 0.170. The largest absolute Gasteiger partial charge is 0.456 e. The van der Waals surface area contributed by atoms with Gasteiger partial charge in [0.1, 0.15) is 11.2 Å². The van der Waals surface area contributed by atoms with Crippen molar-refractivity contribution in [3.8, 4) is 33.4 Å². The molecule has 0 aliphatic carbocycles. The third-order valence-corrected chi connectivity index (χ3v) is 11.7. The second-order valence-corrected chi connectivity index (χ2v) is 14.9. The van der Waals surface area contributed by atoms with Gasteiger partial charge in [-0.05, 0) is 100 Å². The molecule has 12 rings (SSSR count). The van der Waals surface area contributed by atoms with Crippen molar-refractivity contribution in [3.63, 3.8) is 0 Å². The van der Waals surface area contributed by atoms with E-state index in [0.29, 0.717) is 0 Å². The first-order valence-electron chi connectivity index (χ1n) is 19.5. The van der Waals surface area contributed by atoms with Crippen molar-refractivity contribution in [1.29, 1.82) is 0 Å². The SMILES string of the molecule is c1ccc(-c2ccc(N(c3ccc(-c4ccc5c(c4)c4cccc6c7ccccc7n5c64)cc3)c3ccc4c(c3)oc3cc(-c5ccccc5)ccc34)cc2)cc1. The fourth-order valence-electron chi connectivity index (χ4n) is 9.01. The highest BCUT2D eigenvalue weighted by molar-refractivity contribution is 6.23. The average molecular weight is 727 g/mol. The third kappa shape index (κ3) is 4.99. The molecular weight excluding hydrogens is 693 g/mol. The fourth-order valence-corrected chi connectivity index (χ4v) is 9.01. The zero-order valence-corrected chi connectivity index (χ0v) is 30.9. The van der Waals surface area contributed by atoms with Crippen molar-refractivity contribution in [1.82, 2.24) is 4.40 Å². The van der Waals surface area contributed by atoms with Crippen molar-refractivity contribution in [2.75, 3.05) is 4.90 Å². The van der Waals surface area contributed by atoms with Crippen LogP contribution >= 0.6 is 0 Å². The number of hydrogen-bond donors (Lipinski definition) is 0. The fraction of sp³-hybridized carbons (Fsp3) is 0. The van der Waals surface area contributed by atoms with Gasteiger partial charge >= 0.3 is 0 Å². The molecule has 0 radical (unpaired) electrons. The lowest BCUT2D eigenvalue weighted by molar-refractivity contribution is 0.669. The zero-order chi connectivity index (χ0) is 37.5. The monoisotopic (exact) mass is 726 g/mol. The van der Waals surface area contributed by atoms with E-state index in [2.05, 4.69) is 209 Å². The van der Waals surface area contributed by atoms with Crippen LogP contribution in [-0.2, 0) is 0 Å². The Balaban J connectivity index is 0.957. The second-order valence-electron chi connectivity index (χ2n) is 14.9. The van der Waals surface area contributed by atoms with E-state index in [0.717, 1.165) is 44.6 Å². The van der Waals surface area contributed by atoms with E-state index >= 15 is 0 Å². The van der Waals surface area contributed by atoms with Gasteiger partial charge in [0.2, 0.25) is 0 Å². The van der Waals surface area contributed by atoms with Crippen LogP contribution in [0.5, 0.6) is 0 Å². The maximum Gasteiger partial charge on any atom is 0.137 e. The number of anilines is 3. The highest BCUT2D eigenvalue weighted by Crippen LogP contribution is 2.43. The number of fused-ring (bicyclic) bond motifs is 9. The van der Waals surface area contributed by atoms with Crippen LogP contribution in [0.25, 0.3) is 93.4 Å². The van der Waals surface area contributed by atoms with Gasteiger partial charge in [-0.25, -0.2) is 0 Å². The molecule has 0 atom stereocenters. The third-order valence-electron chi connectivity index (χ3n) is 11.7. The molecule has 3 heteroatoms. The number of aromatic nitrogens is 1. The molecule has 0 spiro atoms. The summed E-state index contributed by atoms with van der Waals surface area (Å²) in [7, 11) is 0. The van der Waals surface area contributed by atoms with Crippen LogP contribution in [0.3, 0.4) is 0 Å². The number of rotatable bonds is 6. The summed E-state index contributed by atoms with van der Waals surface area (Å²) in [6.07, 6.45) is 0. The minimum atomic E-state index is 0.863. The van der Waals surface area contributed by atoms with Gasteiger partial charge in [-0.3, -0.25) is 0 Å². The average Bonchev–Trinajstić information content (AvgIpc) is 3.94. The molecule has 3 nitrogen and oxygen atoms in total. The topological polar surface area (TPSA) is 20.8 Å². The molecule has 0 saturated heterocycles. The summed E-state index contributed by atoms with van der Waals surface area (Å²) in [6, 6.07) is 74.3. The first kappa shape index (κ1) is 31.7. The molecule has 0 unspecified atom stereocenters. The molecule has 0 aliphatic rings. The van der Waals surface area contributed by atoms with E-state index in [-0.39, 0.29) is 0 Å².